The summed E-state index contributed by atoms with van der Waals surface area (Å²) in [7, 11) is 0. The van der Waals surface area contributed by atoms with Crippen LogP contribution in [0.25, 0.3) is 0 Å². The van der Waals surface area contributed by atoms with Gasteiger partial charge in [0.1, 0.15) is 0 Å². The van der Waals surface area contributed by atoms with Crippen LogP contribution in [0.2, 0.25) is 0 Å². The van der Waals surface area contributed by atoms with Crippen molar-refractivity contribution in [3.05, 3.63) is 59.4 Å². The molecule has 0 unspecified atom stereocenters. The van der Waals surface area contributed by atoms with Crippen molar-refractivity contribution in [1.82, 2.24) is 4.98 Å². The van der Waals surface area contributed by atoms with Crippen LogP contribution in [0.15, 0.2) is 35.4 Å². The highest BCUT2D eigenvalue weighted by Gasteiger charge is 2.19. The number of hydrogen-bond acceptors (Lipinski definition) is 2. The molecule has 0 fully saturated rings. The molecular weight excluding hydrogens is 278 g/mol. The Labute approximate surface area is 111 Å². The van der Waals surface area contributed by atoms with Gasteiger partial charge >= 0.3 is 0 Å². The number of pyridine rings is 1. The summed E-state index contributed by atoms with van der Waals surface area (Å²) in [6.07, 6.45) is 2.05. The maximum absolute atomic E-state index is 13.4. The van der Waals surface area contributed by atoms with Crippen LogP contribution >= 0.6 is 11.8 Å². The summed E-state index contributed by atoms with van der Waals surface area (Å²) in [6.45, 7) is 0. The molecule has 2 aromatic rings. The molecule has 6 heteroatoms. The molecule has 0 N–H and O–H groups in total. The molecule has 2 rings (SSSR count). The SMILES string of the molecule is Fc1cc(F)c(F)c(SCCc2ccccn2)c1F. The second-order valence-electron chi connectivity index (χ2n) is 3.72. The van der Waals surface area contributed by atoms with Gasteiger partial charge in [-0.05, 0) is 18.6 Å². The zero-order valence-electron chi connectivity index (χ0n) is 9.67. The molecule has 0 radical (unpaired) electrons. The molecule has 1 aromatic heterocycles. The van der Waals surface area contributed by atoms with Crippen molar-refractivity contribution >= 4 is 11.8 Å². The number of aryl methyl sites for hydroxylation is 1. The predicted octanol–water partition coefficient (Wildman–Crippen LogP) is 3.97. The van der Waals surface area contributed by atoms with Crippen molar-refractivity contribution in [2.75, 3.05) is 5.75 Å². The summed E-state index contributed by atoms with van der Waals surface area (Å²) in [6, 6.07) is 5.50. The number of benzene rings is 1. The third-order valence-corrected chi connectivity index (χ3v) is 3.46. The Kier molecular flexibility index (Phi) is 4.42. The Morgan fingerprint density at radius 1 is 1.00 bits per heavy atom. The van der Waals surface area contributed by atoms with Gasteiger partial charge in [-0.1, -0.05) is 6.07 Å². The van der Waals surface area contributed by atoms with Crippen molar-refractivity contribution in [2.45, 2.75) is 11.3 Å². The van der Waals surface area contributed by atoms with E-state index in [1.807, 2.05) is 0 Å². The molecule has 19 heavy (non-hydrogen) atoms. The average molecular weight is 287 g/mol. The van der Waals surface area contributed by atoms with E-state index in [2.05, 4.69) is 4.98 Å². The van der Waals surface area contributed by atoms with Gasteiger partial charge in [-0.2, -0.15) is 0 Å². The van der Waals surface area contributed by atoms with Gasteiger partial charge in [0.05, 0.1) is 4.90 Å². The number of thioether (sulfide) groups is 1. The molecule has 0 aliphatic rings. The van der Waals surface area contributed by atoms with Gasteiger partial charge in [-0.15, -0.1) is 11.8 Å². The highest BCUT2D eigenvalue weighted by atomic mass is 32.2. The van der Waals surface area contributed by atoms with E-state index in [-0.39, 0.29) is 11.8 Å². The minimum atomic E-state index is -1.39. The summed E-state index contributed by atoms with van der Waals surface area (Å²) in [5.74, 6) is -5.22. The highest BCUT2D eigenvalue weighted by molar-refractivity contribution is 7.99. The lowest BCUT2D eigenvalue weighted by Gasteiger charge is -2.06. The van der Waals surface area contributed by atoms with Crippen LogP contribution in [-0.2, 0) is 6.42 Å². The first-order valence-corrected chi connectivity index (χ1v) is 6.44. The molecule has 1 heterocycles. The predicted molar refractivity (Wildman–Crippen MR) is 64.9 cm³/mol. The van der Waals surface area contributed by atoms with Gasteiger partial charge in [0.2, 0.25) is 0 Å². The maximum atomic E-state index is 13.4. The van der Waals surface area contributed by atoms with Crippen LogP contribution in [0.4, 0.5) is 17.6 Å². The quantitative estimate of drug-likeness (QED) is 0.479. The van der Waals surface area contributed by atoms with Gasteiger partial charge in [-0.3, -0.25) is 4.98 Å². The molecular formula is C13H9F4NS. The first-order valence-electron chi connectivity index (χ1n) is 5.45. The van der Waals surface area contributed by atoms with E-state index in [9.17, 15) is 17.6 Å². The Hall–Kier alpha value is -1.56. The van der Waals surface area contributed by atoms with Crippen LogP contribution in [0.5, 0.6) is 0 Å². The number of hydrogen-bond donors (Lipinski definition) is 0. The minimum absolute atomic E-state index is 0.202. The standard InChI is InChI=1S/C13H9F4NS/c14-9-7-10(15)12(17)13(11(9)16)19-6-4-8-3-1-2-5-18-8/h1-3,5,7H,4,6H2. The molecule has 0 spiro atoms. The first kappa shape index (κ1) is 13.9. The van der Waals surface area contributed by atoms with Crippen molar-refractivity contribution in [3.8, 4) is 0 Å². The molecule has 0 saturated carbocycles. The Morgan fingerprint density at radius 2 is 1.68 bits per heavy atom. The van der Waals surface area contributed by atoms with Crippen LogP contribution in [-0.4, -0.2) is 10.7 Å². The summed E-state index contributed by atoms with van der Waals surface area (Å²) < 4.78 is 52.6. The van der Waals surface area contributed by atoms with E-state index in [4.69, 9.17) is 0 Å². The fraction of sp³-hybridized carbons (Fsp3) is 0.154. The van der Waals surface area contributed by atoms with Crippen molar-refractivity contribution < 1.29 is 17.6 Å². The molecule has 0 atom stereocenters. The van der Waals surface area contributed by atoms with Gasteiger partial charge < -0.3 is 0 Å². The lowest BCUT2D eigenvalue weighted by atomic mass is 10.3. The molecule has 0 aliphatic heterocycles. The van der Waals surface area contributed by atoms with Gasteiger partial charge in [0.15, 0.2) is 23.3 Å². The Bertz CT molecular complexity index is 548. The minimum Gasteiger partial charge on any atom is -0.261 e. The molecule has 0 aliphatic carbocycles. The fourth-order valence-electron chi connectivity index (χ4n) is 1.48. The Morgan fingerprint density at radius 3 is 2.26 bits per heavy atom. The third kappa shape index (κ3) is 3.26. The van der Waals surface area contributed by atoms with Gasteiger partial charge in [0, 0.05) is 23.7 Å². The van der Waals surface area contributed by atoms with Crippen LogP contribution in [0, 0.1) is 23.3 Å². The van der Waals surface area contributed by atoms with Crippen molar-refractivity contribution in [1.29, 1.82) is 0 Å². The first-order chi connectivity index (χ1) is 9.09. The lowest BCUT2D eigenvalue weighted by molar-refractivity contribution is 0.426. The molecule has 0 saturated heterocycles. The van der Waals surface area contributed by atoms with E-state index >= 15 is 0 Å². The molecule has 1 nitrogen and oxygen atoms in total. The maximum Gasteiger partial charge on any atom is 0.175 e. The van der Waals surface area contributed by atoms with E-state index < -0.39 is 28.2 Å². The summed E-state index contributed by atoms with van der Waals surface area (Å²) in [5, 5.41) is 0. The molecule has 1 aromatic carbocycles. The van der Waals surface area contributed by atoms with E-state index in [1.54, 1.807) is 24.4 Å². The third-order valence-electron chi connectivity index (χ3n) is 2.40. The van der Waals surface area contributed by atoms with Crippen LogP contribution < -0.4 is 0 Å². The zero-order chi connectivity index (χ0) is 13.8. The summed E-state index contributed by atoms with van der Waals surface area (Å²) in [4.78, 5) is 3.41. The second-order valence-corrected chi connectivity index (χ2v) is 4.82. The van der Waals surface area contributed by atoms with Crippen molar-refractivity contribution in [2.24, 2.45) is 0 Å². The summed E-state index contributed by atoms with van der Waals surface area (Å²) >= 11 is 0.727. The van der Waals surface area contributed by atoms with E-state index in [1.165, 1.54) is 0 Å². The van der Waals surface area contributed by atoms with E-state index in [0.717, 1.165) is 17.5 Å². The van der Waals surface area contributed by atoms with Gasteiger partial charge in [0.25, 0.3) is 0 Å². The number of nitrogens with zero attached hydrogens (tertiary/aromatic N) is 1. The monoisotopic (exact) mass is 287 g/mol. The van der Waals surface area contributed by atoms with Crippen LogP contribution in [0.1, 0.15) is 5.69 Å². The zero-order valence-corrected chi connectivity index (χ0v) is 10.5. The number of rotatable bonds is 4. The fourth-order valence-corrected chi connectivity index (χ4v) is 2.45. The highest BCUT2D eigenvalue weighted by Crippen LogP contribution is 2.29. The molecule has 0 amide bonds. The smallest absolute Gasteiger partial charge is 0.175 e. The topological polar surface area (TPSA) is 12.9 Å². The second kappa shape index (κ2) is 6.06. The molecule has 100 valence electrons. The largest absolute Gasteiger partial charge is 0.261 e. The molecule has 0 bridgehead atoms. The number of halogens is 4. The summed E-state index contributed by atoms with van der Waals surface area (Å²) in [5.41, 5.74) is 0.743. The normalized spacial score (nSPS) is 10.7. The average Bonchev–Trinajstić information content (AvgIpc) is 2.42. The van der Waals surface area contributed by atoms with Crippen LogP contribution in [0.3, 0.4) is 0 Å². The lowest BCUT2D eigenvalue weighted by Crippen LogP contribution is -1.99. The van der Waals surface area contributed by atoms with Gasteiger partial charge in [-0.25, -0.2) is 17.6 Å². The number of aromatic nitrogens is 1. The van der Waals surface area contributed by atoms with Crippen molar-refractivity contribution in [3.63, 3.8) is 0 Å². The van der Waals surface area contributed by atoms with E-state index in [0.29, 0.717) is 6.42 Å². The Balaban J connectivity index is 2.08.